The van der Waals surface area contributed by atoms with E-state index in [1.54, 1.807) is 19.0 Å². The highest BCUT2D eigenvalue weighted by Gasteiger charge is 2.29. The number of rotatable bonds is 6. The molecule has 0 heterocycles. The summed E-state index contributed by atoms with van der Waals surface area (Å²) in [4.78, 5) is 25.7. The van der Waals surface area contributed by atoms with Gasteiger partial charge in [-0.15, -0.1) is 0 Å². The highest BCUT2D eigenvalue weighted by atomic mass is 16.2. The maximum absolute atomic E-state index is 12.2. The second-order valence-electron chi connectivity index (χ2n) is 5.60. The summed E-state index contributed by atoms with van der Waals surface area (Å²) >= 11 is 0. The number of ketones is 1. The minimum atomic E-state index is -0.270. The molecule has 1 atom stereocenters. The Labute approximate surface area is 115 Å². The average Bonchev–Trinajstić information content (AvgIpc) is 2.39. The van der Waals surface area contributed by atoms with Gasteiger partial charge in [0.25, 0.3) is 0 Å². The molecule has 0 aliphatic carbocycles. The molecule has 0 unspecified atom stereocenters. The average molecular weight is 261 g/mol. The zero-order valence-electron chi connectivity index (χ0n) is 12.3. The Kier molecular flexibility index (Phi) is 5.28. The molecular formula is C16H23NO2. The van der Waals surface area contributed by atoms with Crippen LogP contribution >= 0.6 is 0 Å². The quantitative estimate of drug-likeness (QED) is 0.738. The first-order valence-corrected chi connectivity index (χ1v) is 6.66. The Balaban J connectivity index is 2.76. The van der Waals surface area contributed by atoms with Crippen LogP contribution in [0.25, 0.3) is 0 Å². The summed E-state index contributed by atoms with van der Waals surface area (Å²) in [5, 5.41) is 0. The Hall–Kier alpha value is -1.64. The zero-order chi connectivity index (χ0) is 14.5. The molecule has 0 aromatic heterocycles. The lowest BCUT2D eigenvalue weighted by Crippen LogP contribution is -2.30. The SMILES string of the molecule is CC[C@@](C)(CC(=O)c1ccccc1)CC(=O)N(C)C. The first kappa shape index (κ1) is 15.4. The molecule has 1 aromatic carbocycles. The fraction of sp³-hybridized carbons (Fsp3) is 0.500. The van der Waals surface area contributed by atoms with Crippen molar-refractivity contribution in [2.45, 2.75) is 33.1 Å². The summed E-state index contributed by atoms with van der Waals surface area (Å²) in [5.41, 5.74) is 0.452. The molecule has 0 aliphatic rings. The first-order chi connectivity index (χ1) is 8.88. The molecule has 19 heavy (non-hydrogen) atoms. The number of hydrogen-bond donors (Lipinski definition) is 0. The molecule has 0 radical (unpaired) electrons. The third kappa shape index (κ3) is 4.51. The molecular weight excluding hydrogens is 238 g/mol. The van der Waals surface area contributed by atoms with Crippen LogP contribution < -0.4 is 0 Å². The minimum absolute atomic E-state index is 0.0743. The molecule has 1 aromatic rings. The summed E-state index contributed by atoms with van der Waals surface area (Å²) in [5.74, 6) is 0.182. The van der Waals surface area contributed by atoms with Crippen molar-refractivity contribution in [2.24, 2.45) is 5.41 Å². The van der Waals surface area contributed by atoms with Gasteiger partial charge in [-0.3, -0.25) is 9.59 Å². The van der Waals surface area contributed by atoms with Gasteiger partial charge in [0.1, 0.15) is 0 Å². The molecule has 1 rings (SSSR count). The summed E-state index contributed by atoms with van der Waals surface area (Å²) in [6.45, 7) is 4.04. The van der Waals surface area contributed by atoms with Crippen LogP contribution in [0.1, 0.15) is 43.5 Å². The van der Waals surface area contributed by atoms with E-state index in [0.29, 0.717) is 12.8 Å². The van der Waals surface area contributed by atoms with E-state index in [1.165, 1.54) is 0 Å². The molecule has 0 N–H and O–H groups in total. The monoisotopic (exact) mass is 261 g/mol. The summed E-state index contributed by atoms with van der Waals surface area (Å²) in [6, 6.07) is 9.27. The van der Waals surface area contributed by atoms with Gasteiger partial charge in [-0.05, 0) is 11.8 Å². The molecule has 0 fully saturated rings. The zero-order valence-corrected chi connectivity index (χ0v) is 12.3. The maximum atomic E-state index is 12.2. The van der Waals surface area contributed by atoms with Crippen LogP contribution in [-0.4, -0.2) is 30.7 Å². The molecule has 0 aliphatic heterocycles. The topological polar surface area (TPSA) is 37.4 Å². The maximum Gasteiger partial charge on any atom is 0.222 e. The van der Waals surface area contributed by atoms with Crippen LogP contribution in [0.3, 0.4) is 0 Å². The van der Waals surface area contributed by atoms with Crippen molar-refractivity contribution in [3.05, 3.63) is 35.9 Å². The fourth-order valence-corrected chi connectivity index (χ4v) is 1.95. The van der Waals surface area contributed by atoms with Crippen molar-refractivity contribution in [3.63, 3.8) is 0 Å². The molecule has 104 valence electrons. The van der Waals surface area contributed by atoms with Gasteiger partial charge in [-0.1, -0.05) is 44.2 Å². The van der Waals surface area contributed by atoms with Crippen molar-refractivity contribution in [3.8, 4) is 0 Å². The number of hydrogen-bond acceptors (Lipinski definition) is 2. The van der Waals surface area contributed by atoms with Crippen molar-refractivity contribution in [2.75, 3.05) is 14.1 Å². The molecule has 1 amide bonds. The van der Waals surface area contributed by atoms with Gasteiger partial charge in [-0.25, -0.2) is 0 Å². The Morgan fingerprint density at radius 1 is 1.11 bits per heavy atom. The van der Waals surface area contributed by atoms with E-state index in [0.717, 1.165) is 12.0 Å². The van der Waals surface area contributed by atoms with E-state index < -0.39 is 0 Å². The lowest BCUT2D eigenvalue weighted by molar-refractivity contribution is -0.131. The Morgan fingerprint density at radius 3 is 2.16 bits per heavy atom. The van der Waals surface area contributed by atoms with E-state index in [2.05, 4.69) is 0 Å². The largest absolute Gasteiger partial charge is 0.349 e. The van der Waals surface area contributed by atoms with Crippen LogP contribution in [0.5, 0.6) is 0 Å². The van der Waals surface area contributed by atoms with Crippen molar-refractivity contribution >= 4 is 11.7 Å². The highest BCUT2D eigenvalue weighted by Crippen LogP contribution is 2.32. The van der Waals surface area contributed by atoms with Gasteiger partial charge in [0, 0.05) is 32.5 Å². The van der Waals surface area contributed by atoms with Gasteiger partial charge in [0.05, 0.1) is 0 Å². The number of amides is 1. The van der Waals surface area contributed by atoms with Crippen LogP contribution in [0.15, 0.2) is 30.3 Å². The van der Waals surface area contributed by atoms with Gasteiger partial charge in [0.2, 0.25) is 5.91 Å². The second kappa shape index (κ2) is 6.50. The van der Waals surface area contributed by atoms with Crippen LogP contribution in [-0.2, 0) is 4.79 Å². The lowest BCUT2D eigenvalue weighted by Gasteiger charge is -2.28. The van der Waals surface area contributed by atoms with Crippen molar-refractivity contribution in [1.82, 2.24) is 4.90 Å². The van der Waals surface area contributed by atoms with E-state index in [9.17, 15) is 9.59 Å². The van der Waals surface area contributed by atoms with Crippen molar-refractivity contribution < 1.29 is 9.59 Å². The smallest absolute Gasteiger partial charge is 0.222 e. The van der Waals surface area contributed by atoms with Crippen LogP contribution in [0.2, 0.25) is 0 Å². The van der Waals surface area contributed by atoms with Crippen LogP contribution in [0.4, 0.5) is 0 Å². The number of carbonyl (C=O) groups excluding carboxylic acids is 2. The van der Waals surface area contributed by atoms with Gasteiger partial charge < -0.3 is 4.90 Å². The third-order valence-corrected chi connectivity index (χ3v) is 3.61. The van der Waals surface area contributed by atoms with E-state index in [1.807, 2.05) is 44.2 Å². The number of benzene rings is 1. The number of carbonyl (C=O) groups is 2. The van der Waals surface area contributed by atoms with Gasteiger partial charge >= 0.3 is 0 Å². The summed E-state index contributed by atoms with van der Waals surface area (Å²) in [6.07, 6.45) is 1.63. The molecule has 0 saturated carbocycles. The number of Topliss-reactive ketones (excluding diaryl/α,β-unsaturated/α-hetero) is 1. The van der Waals surface area contributed by atoms with Gasteiger partial charge in [0.15, 0.2) is 5.78 Å². The minimum Gasteiger partial charge on any atom is -0.349 e. The molecule has 3 heteroatoms. The summed E-state index contributed by atoms with van der Waals surface area (Å²) < 4.78 is 0. The standard InChI is InChI=1S/C16H23NO2/c1-5-16(2,12-15(19)17(3)4)11-14(18)13-9-7-6-8-10-13/h6-10H,5,11-12H2,1-4H3/t16-/m0/s1. The van der Waals surface area contributed by atoms with E-state index >= 15 is 0 Å². The van der Waals surface area contributed by atoms with E-state index in [-0.39, 0.29) is 17.1 Å². The van der Waals surface area contributed by atoms with Gasteiger partial charge in [-0.2, -0.15) is 0 Å². The molecule has 0 spiro atoms. The Bertz CT molecular complexity index is 439. The molecule has 0 bridgehead atoms. The molecule has 3 nitrogen and oxygen atoms in total. The fourth-order valence-electron chi connectivity index (χ4n) is 1.95. The second-order valence-corrected chi connectivity index (χ2v) is 5.60. The predicted octanol–water partition coefficient (Wildman–Crippen LogP) is 3.15. The summed E-state index contributed by atoms with van der Waals surface area (Å²) in [7, 11) is 3.49. The first-order valence-electron chi connectivity index (χ1n) is 6.66. The van der Waals surface area contributed by atoms with Crippen LogP contribution in [0, 0.1) is 5.41 Å². The molecule has 0 saturated heterocycles. The number of nitrogens with zero attached hydrogens (tertiary/aromatic N) is 1. The third-order valence-electron chi connectivity index (χ3n) is 3.61. The Morgan fingerprint density at radius 2 is 1.68 bits per heavy atom. The lowest BCUT2D eigenvalue weighted by atomic mass is 9.78. The predicted molar refractivity (Wildman–Crippen MR) is 77.1 cm³/mol. The van der Waals surface area contributed by atoms with Crippen molar-refractivity contribution in [1.29, 1.82) is 0 Å². The highest BCUT2D eigenvalue weighted by molar-refractivity contribution is 5.96. The van der Waals surface area contributed by atoms with E-state index in [4.69, 9.17) is 0 Å². The normalized spacial score (nSPS) is 13.7.